The lowest BCUT2D eigenvalue weighted by atomic mass is 10.5. The zero-order valence-electron chi connectivity index (χ0n) is 8.89. The lowest BCUT2D eigenvalue weighted by molar-refractivity contribution is -0.118. The molecule has 0 aromatic carbocycles. The SMILES string of the molecule is COCCNCCNC(=O)CSC(F)(F)F. The van der Waals surface area contributed by atoms with Gasteiger partial charge in [-0.1, -0.05) is 0 Å². The predicted octanol–water partition coefficient (Wildman–Crippen LogP) is 0.592. The maximum Gasteiger partial charge on any atom is 0.442 e. The third-order valence-electron chi connectivity index (χ3n) is 1.47. The van der Waals surface area contributed by atoms with Crippen LogP contribution in [0.2, 0.25) is 0 Å². The third-order valence-corrected chi connectivity index (χ3v) is 2.21. The molecule has 0 aliphatic heterocycles. The van der Waals surface area contributed by atoms with Gasteiger partial charge in [0, 0.05) is 26.7 Å². The average molecular weight is 260 g/mol. The Morgan fingerprint density at radius 2 is 2.00 bits per heavy atom. The topological polar surface area (TPSA) is 50.4 Å². The van der Waals surface area contributed by atoms with Gasteiger partial charge < -0.3 is 15.4 Å². The number of carbonyl (C=O) groups is 1. The maximum absolute atomic E-state index is 11.7. The van der Waals surface area contributed by atoms with Gasteiger partial charge in [-0.05, 0) is 11.8 Å². The lowest BCUT2D eigenvalue weighted by Crippen LogP contribution is -2.34. The van der Waals surface area contributed by atoms with Crippen molar-refractivity contribution in [1.29, 1.82) is 0 Å². The molecule has 0 heterocycles. The Bertz CT molecular complexity index is 202. The van der Waals surface area contributed by atoms with E-state index in [4.69, 9.17) is 4.74 Å². The Balaban J connectivity index is 3.31. The number of hydrogen-bond donors (Lipinski definition) is 2. The van der Waals surface area contributed by atoms with Gasteiger partial charge in [-0.2, -0.15) is 13.2 Å². The van der Waals surface area contributed by atoms with Gasteiger partial charge in [0.2, 0.25) is 5.91 Å². The third kappa shape index (κ3) is 11.6. The lowest BCUT2D eigenvalue weighted by Gasteiger charge is -2.07. The molecule has 0 rings (SSSR count). The van der Waals surface area contributed by atoms with Gasteiger partial charge in [0.25, 0.3) is 0 Å². The van der Waals surface area contributed by atoms with Gasteiger partial charge in [-0.25, -0.2) is 0 Å². The monoisotopic (exact) mass is 260 g/mol. The van der Waals surface area contributed by atoms with E-state index in [1.807, 2.05) is 0 Å². The van der Waals surface area contributed by atoms with Crippen molar-refractivity contribution in [3.8, 4) is 0 Å². The van der Waals surface area contributed by atoms with Crippen molar-refractivity contribution in [3.05, 3.63) is 0 Å². The number of thioether (sulfide) groups is 1. The van der Waals surface area contributed by atoms with Crippen molar-refractivity contribution in [2.75, 3.05) is 39.1 Å². The Morgan fingerprint density at radius 1 is 1.31 bits per heavy atom. The van der Waals surface area contributed by atoms with Crippen LogP contribution >= 0.6 is 11.8 Å². The molecule has 0 spiro atoms. The summed E-state index contributed by atoms with van der Waals surface area (Å²) in [7, 11) is 1.57. The minimum atomic E-state index is -4.35. The van der Waals surface area contributed by atoms with Gasteiger partial charge in [-0.15, -0.1) is 0 Å². The van der Waals surface area contributed by atoms with E-state index in [9.17, 15) is 18.0 Å². The highest BCUT2D eigenvalue weighted by atomic mass is 32.2. The molecule has 0 aromatic heterocycles. The van der Waals surface area contributed by atoms with Crippen LogP contribution in [0.25, 0.3) is 0 Å². The molecule has 96 valence electrons. The van der Waals surface area contributed by atoms with E-state index in [0.29, 0.717) is 26.2 Å². The molecular formula is C8H15F3N2O2S. The van der Waals surface area contributed by atoms with Crippen LogP contribution in [-0.2, 0) is 9.53 Å². The van der Waals surface area contributed by atoms with E-state index >= 15 is 0 Å². The van der Waals surface area contributed by atoms with E-state index in [2.05, 4.69) is 10.6 Å². The van der Waals surface area contributed by atoms with Crippen LogP contribution in [0.1, 0.15) is 0 Å². The van der Waals surface area contributed by atoms with E-state index < -0.39 is 17.2 Å². The fourth-order valence-electron chi connectivity index (χ4n) is 0.788. The van der Waals surface area contributed by atoms with Crippen LogP contribution in [0.5, 0.6) is 0 Å². The molecule has 16 heavy (non-hydrogen) atoms. The highest BCUT2D eigenvalue weighted by molar-refractivity contribution is 8.00. The Labute approximate surface area is 96.3 Å². The second kappa shape index (κ2) is 8.66. The summed E-state index contributed by atoms with van der Waals surface area (Å²) in [5, 5.41) is 5.31. The van der Waals surface area contributed by atoms with Gasteiger partial charge in [0.15, 0.2) is 0 Å². The van der Waals surface area contributed by atoms with E-state index in [1.54, 1.807) is 7.11 Å². The van der Waals surface area contributed by atoms with Crippen LogP contribution in [0.4, 0.5) is 13.2 Å². The zero-order chi connectivity index (χ0) is 12.4. The molecule has 0 aliphatic carbocycles. The van der Waals surface area contributed by atoms with Crippen molar-refractivity contribution < 1.29 is 22.7 Å². The molecule has 0 fully saturated rings. The number of halogens is 3. The summed E-state index contributed by atoms with van der Waals surface area (Å²) in [5.74, 6) is -1.21. The minimum absolute atomic E-state index is 0.307. The van der Waals surface area contributed by atoms with Crippen LogP contribution in [0, 0.1) is 0 Å². The summed E-state index contributed by atoms with van der Waals surface area (Å²) in [6, 6.07) is 0. The number of alkyl halides is 3. The Hall–Kier alpha value is -0.470. The van der Waals surface area contributed by atoms with Crippen molar-refractivity contribution >= 4 is 17.7 Å². The van der Waals surface area contributed by atoms with Crippen LogP contribution < -0.4 is 10.6 Å². The number of hydrogen-bond acceptors (Lipinski definition) is 4. The normalized spacial score (nSPS) is 11.5. The number of methoxy groups -OCH3 is 1. The molecule has 4 nitrogen and oxygen atoms in total. The van der Waals surface area contributed by atoms with Crippen LogP contribution in [0.3, 0.4) is 0 Å². The molecule has 8 heteroatoms. The summed E-state index contributed by atoms with van der Waals surface area (Å²) in [5.41, 5.74) is -4.35. The Kier molecular flexibility index (Phi) is 8.40. The molecule has 1 amide bonds. The number of ether oxygens (including phenoxy) is 1. The fourth-order valence-corrected chi connectivity index (χ4v) is 1.18. The van der Waals surface area contributed by atoms with E-state index in [0.717, 1.165) is 0 Å². The minimum Gasteiger partial charge on any atom is -0.383 e. The first-order valence-corrected chi connectivity index (χ1v) is 5.61. The molecule has 0 aliphatic rings. The van der Waals surface area contributed by atoms with Crippen molar-refractivity contribution in [2.45, 2.75) is 5.51 Å². The smallest absolute Gasteiger partial charge is 0.383 e. The molecule has 0 radical (unpaired) electrons. The second-order valence-electron chi connectivity index (χ2n) is 2.83. The number of carbonyl (C=O) groups excluding carboxylic acids is 1. The molecule has 0 saturated carbocycles. The van der Waals surface area contributed by atoms with E-state index in [1.165, 1.54) is 0 Å². The Morgan fingerprint density at radius 3 is 2.56 bits per heavy atom. The summed E-state index contributed by atoms with van der Waals surface area (Å²) >= 11 is -0.339. The first-order valence-electron chi connectivity index (χ1n) is 4.63. The van der Waals surface area contributed by atoms with Gasteiger partial charge in [0.1, 0.15) is 0 Å². The number of amides is 1. The largest absolute Gasteiger partial charge is 0.442 e. The number of nitrogens with one attached hydrogen (secondary N) is 2. The van der Waals surface area contributed by atoms with E-state index in [-0.39, 0.29) is 11.8 Å². The van der Waals surface area contributed by atoms with Crippen molar-refractivity contribution in [3.63, 3.8) is 0 Å². The maximum atomic E-state index is 11.7. The van der Waals surface area contributed by atoms with Gasteiger partial charge in [0.05, 0.1) is 12.4 Å². The fraction of sp³-hybridized carbons (Fsp3) is 0.875. The van der Waals surface area contributed by atoms with Crippen LogP contribution in [-0.4, -0.2) is 50.5 Å². The molecule has 2 N–H and O–H groups in total. The van der Waals surface area contributed by atoms with Crippen LogP contribution in [0.15, 0.2) is 0 Å². The quantitative estimate of drug-likeness (QED) is 0.627. The highest BCUT2D eigenvalue weighted by Gasteiger charge is 2.28. The van der Waals surface area contributed by atoms with Gasteiger partial charge in [-0.3, -0.25) is 4.79 Å². The van der Waals surface area contributed by atoms with Gasteiger partial charge >= 0.3 is 5.51 Å². The molecule has 0 saturated heterocycles. The zero-order valence-corrected chi connectivity index (χ0v) is 9.71. The molecule has 0 atom stereocenters. The first kappa shape index (κ1) is 15.5. The molecular weight excluding hydrogens is 245 g/mol. The first-order chi connectivity index (χ1) is 7.45. The summed E-state index contributed by atoms with van der Waals surface area (Å²) < 4.78 is 39.9. The van der Waals surface area contributed by atoms with Crippen molar-refractivity contribution in [2.24, 2.45) is 0 Å². The molecule has 0 bridgehead atoms. The summed E-state index contributed by atoms with van der Waals surface area (Å²) in [6.45, 7) is 2.01. The summed E-state index contributed by atoms with van der Waals surface area (Å²) in [6.07, 6.45) is 0. The highest BCUT2D eigenvalue weighted by Crippen LogP contribution is 2.29. The van der Waals surface area contributed by atoms with Crippen molar-refractivity contribution in [1.82, 2.24) is 10.6 Å². The number of rotatable bonds is 8. The second-order valence-corrected chi connectivity index (χ2v) is 3.87. The standard InChI is InChI=1S/C8H15F3N2O2S/c1-15-5-4-12-2-3-13-7(14)6-16-8(9,10)11/h12H,2-6H2,1H3,(H,13,14). The predicted molar refractivity (Wildman–Crippen MR) is 56.3 cm³/mol. The molecule has 0 unspecified atom stereocenters. The summed E-state index contributed by atoms with van der Waals surface area (Å²) in [4.78, 5) is 10.9. The average Bonchev–Trinajstić information content (AvgIpc) is 2.19. The molecule has 0 aromatic rings.